The van der Waals surface area contributed by atoms with Gasteiger partial charge in [0.05, 0.1) is 29.5 Å². The molecule has 0 aliphatic rings. The van der Waals surface area contributed by atoms with Crippen molar-refractivity contribution in [3.8, 4) is 5.75 Å². The Balaban J connectivity index is 2.23. The normalized spacial score (nSPS) is 12.4. The van der Waals surface area contributed by atoms with Gasteiger partial charge in [-0.05, 0) is 25.6 Å². The molecule has 0 radical (unpaired) electrons. The number of pyridine rings is 1. The average Bonchev–Trinajstić information content (AvgIpc) is 2.84. The van der Waals surface area contributed by atoms with Crippen molar-refractivity contribution < 1.29 is 4.74 Å². The van der Waals surface area contributed by atoms with Crippen molar-refractivity contribution in [2.75, 3.05) is 13.7 Å². The Kier molecular flexibility index (Phi) is 4.87. The van der Waals surface area contributed by atoms with Gasteiger partial charge >= 0.3 is 0 Å². The number of hydrogen-bond donors (Lipinski definition) is 1. The lowest BCUT2D eigenvalue weighted by Crippen LogP contribution is -2.24. The van der Waals surface area contributed by atoms with Gasteiger partial charge in [-0.25, -0.2) is 4.98 Å². The predicted octanol–water partition coefficient (Wildman–Crippen LogP) is 2.75. The zero-order valence-corrected chi connectivity index (χ0v) is 12.3. The van der Waals surface area contributed by atoms with Gasteiger partial charge in [-0.15, -0.1) is 11.3 Å². The average molecular weight is 277 g/mol. The van der Waals surface area contributed by atoms with Crippen molar-refractivity contribution in [1.29, 1.82) is 0 Å². The summed E-state index contributed by atoms with van der Waals surface area (Å²) in [4.78, 5) is 8.98. The molecule has 0 saturated heterocycles. The van der Waals surface area contributed by atoms with E-state index in [-0.39, 0.29) is 6.04 Å². The van der Waals surface area contributed by atoms with Gasteiger partial charge in [-0.1, -0.05) is 6.92 Å². The summed E-state index contributed by atoms with van der Waals surface area (Å²) in [6.07, 6.45) is 2.63. The van der Waals surface area contributed by atoms with Crippen LogP contribution in [0.4, 0.5) is 0 Å². The van der Waals surface area contributed by atoms with E-state index in [1.165, 1.54) is 0 Å². The number of hydrogen-bond acceptors (Lipinski definition) is 5. The molecule has 2 rings (SSSR count). The number of thiazole rings is 1. The van der Waals surface area contributed by atoms with E-state index in [9.17, 15) is 0 Å². The lowest BCUT2D eigenvalue weighted by molar-refractivity contribution is 0.394. The van der Waals surface area contributed by atoms with Crippen LogP contribution in [0.15, 0.2) is 23.7 Å². The van der Waals surface area contributed by atoms with Gasteiger partial charge in [0, 0.05) is 18.0 Å². The Hall–Kier alpha value is -1.46. The van der Waals surface area contributed by atoms with Crippen LogP contribution in [0.2, 0.25) is 0 Å². The Morgan fingerprint density at radius 2 is 2.32 bits per heavy atom. The highest BCUT2D eigenvalue weighted by molar-refractivity contribution is 7.09. The number of rotatable bonds is 6. The van der Waals surface area contributed by atoms with Crippen LogP contribution in [-0.4, -0.2) is 23.6 Å². The summed E-state index contributed by atoms with van der Waals surface area (Å²) < 4.78 is 5.40. The van der Waals surface area contributed by atoms with Gasteiger partial charge in [0.25, 0.3) is 0 Å². The monoisotopic (exact) mass is 277 g/mol. The van der Waals surface area contributed by atoms with Crippen molar-refractivity contribution in [1.82, 2.24) is 15.3 Å². The first-order valence-corrected chi connectivity index (χ1v) is 7.25. The van der Waals surface area contributed by atoms with Crippen LogP contribution in [0.25, 0.3) is 0 Å². The fourth-order valence-electron chi connectivity index (χ4n) is 2.06. The molecule has 102 valence electrons. The Labute approximate surface area is 117 Å². The second-order valence-electron chi connectivity index (χ2n) is 4.26. The second-order valence-corrected chi connectivity index (χ2v) is 5.33. The molecule has 0 saturated carbocycles. The standard InChI is InChI=1S/C14H19N3OS/c1-4-15-12(8-11-9-19-10(2)17-11)14-13(18-3)6-5-7-16-14/h5-7,9,12,15H,4,8H2,1-3H3. The summed E-state index contributed by atoms with van der Waals surface area (Å²) in [7, 11) is 1.68. The quantitative estimate of drug-likeness (QED) is 0.882. The van der Waals surface area contributed by atoms with E-state index in [1.807, 2.05) is 19.1 Å². The van der Waals surface area contributed by atoms with E-state index in [4.69, 9.17) is 4.74 Å². The van der Waals surface area contributed by atoms with Crippen LogP contribution in [0, 0.1) is 6.92 Å². The molecule has 0 aliphatic carbocycles. The Bertz CT molecular complexity index is 527. The van der Waals surface area contributed by atoms with Gasteiger partial charge in [-0.2, -0.15) is 0 Å². The van der Waals surface area contributed by atoms with Gasteiger partial charge < -0.3 is 10.1 Å². The molecular formula is C14H19N3OS. The molecule has 2 aromatic rings. The molecule has 4 nitrogen and oxygen atoms in total. The van der Waals surface area contributed by atoms with Crippen molar-refractivity contribution in [2.24, 2.45) is 0 Å². The first-order valence-electron chi connectivity index (χ1n) is 6.38. The van der Waals surface area contributed by atoms with Gasteiger partial charge in [0.2, 0.25) is 0 Å². The van der Waals surface area contributed by atoms with E-state index in [0.717, 1.165) is 35.1 Å². The molecule has 2 heterocycles. The van der Waals surface area contributed by atoms with E-state index in [0.29, 0.717) is 0 Å². The van der Waals surface area contributed by atoms with E-state index in [1.54, 1.807) is 24.6 Å². The molecule has 0 aliphatic heterocycles. The molecule has 19 heavy (non-hydrogen) atoms. The van der Waals surface area contributed by atoms with Crippen LogP contribution in [-0.2, 0) is 6.42 Å². The van der Waals surface area contributed by atoms with Crippen molar-refractivity contribution in [2.45, 2.75) is 26.3 Å². The fourth-order valence-corrected chi connectivity index (χ4v) is 2.69. The molecule has 0 bridgehead atoms. The molecule has 0 spiro atoms. The SMILES string of the molecule is CCNC(Cc1csc(C)n1)c1ncccc1OC. The van der Waals surface area contributed by atoms with Crippen LogP contribution in [0.1, 0.15) is 29.4 Å². The minimum absolute atomic E-state index is 0.127. The molecule has 0 amide bonds. The van der Waals surface area contributed by atoms with Gasteiger partial charge in [0.15, 0.2) is 0 Å². The topological polar surface area (TPSA) is 47.0 Å². The number of likely N-dealkylation sites (N-methyl/N-ethyl adjacent to an activating group) is 1. The summed E-state index contributed by atoms with van der Waals surface area (Å²) in [5, 5.41) is 6.66. The maximum absolute atomic E-state index is 5.40. The number of methoxy groups -OCH3 is 1. The first-order chi connectivity index (χ1) is 9.24. The summed E-state index contributed by atoms with van der Waals surface area (Å²) in [5.41, 5.74) is 2.04. The number of ether oxygens (including phenoxy) is 1. The van der Waals surface area contributed by atoms with Crippen molar-refractivity contribution in [3.63, 3.8) is 0 Å². The minimum atomic E-state index is 0.127. The highest BCUT2D eigenvalue weighted by atomic mass is 32.1. The minimum Gasteiger partial charge on any atom is -0.495 e. The smallest absolute Gasteiger partial charge is 0.141 e. The van der Waals surface area contributed by atoms with E-state index >= 15 is 0 Å². The second kappa shape index (κ2) is 6.63. The van der Waals surface area contributed by atoms with Crippen LogP contribution in [0.3, 0.4) is 0 Å². The van der Waals surface area contributed by atoms with Crippen molar-refractivity contribution in [3.05, 3.63) is 40.1 Å². The molecule has 2 aromatic heterocycles. The Morgan fingerprint density at radius 1 is 1.47 bits per heavy atom. The molecule has 1 N–H and O–H groups in total. The van der Waals surface area contributed by atoms with Gasteiger partial charge in [0.1, 0.15) is 5.75 Å². The maximum Gasteiger partial charge on any atom is 0.141 e. The lowest BCUT2D eigenvalue weighted by atomic mass is 10.1. The highest BCUT2D eigenvalue weighted by Crippen LogP contribution is 2.25. The number of aromatic nitrogens is 2. The summed E-state index contributed by atoms with van der Waals surface area (Å²) in [5.74, 6) is 0.820. The molecule has 1 atom stereocenters. The molecular weight excluding hydrogens is 258 g/mol. The largest absolute Gasteiger partial charge is 0.495 e. The number of nitrogens with one attached hydrogen (secondary N) is 1. The summed E-state index contributed by atoms with van der Waals surface area (Å²) >= 11 is 1.68. The third-order valence-corrected chi connectivity index (χ3v) is 3.70. The van der Waals surface area contributed by atoms with Gasteiger partial charge in [-0.3, -0.25) is 4.98 Å². The predicted molar refractivity (Wildman–Crippen MR) is 77.8 cm³/mol. The van der Waals surface area contributed by atoms with Crippen LogP contribution in [0.5, 0.6) is 5.75 Å². The Morgan fingerprint density at radius 3 is 2.95 bits per heavy atom. The van der Waals surface area contributed by atoms with Crippen molar-refractivity contribution >= 4 is 11.3 Å². The highest BCUT2D eigenvalue weighted by Gasteiger charge is 2.18. The van der Waals surface area contributed by atoms with E-state index in [2.05, 4.69) is 27.6 Å². The molecule has 1 unspecified atom stereocenters. The molecule has 5 heteroatoms. The first kappa shape index (κ1) is 14.0. The molecule has 0 fully saturated rings. The zero-order chi connectivity index (χ0) is 13.7. The lowest BCUT2D eigenvalue weighted by Gasteiger charge is -2.18. The fraction of sp³-hybridized carbons (Fsp3) is 0.429. The zero-order valence-electron chi connectivity index (χ0n) is 11.5. The van der Waals surface area contributed by atoms with Crippen LogP contribution >= 0.6 is 11.3 Å². The maximum atomic E-state index is 5.40. The van der Waals surface area contributed by atoms with E-state index < -0.39 is 0 Å². The summed E-state index contributed by atoms with van der Waals surface area (Å²) in [6, 6.07) is 3.96. The number of aryl methyl sites for hydroxylation is 1. The van der Waals surface area contributed by atoms with Crippen LogP contribution < -0.4 is 10.1 Å². The summed E-state index contributed by atoms with van der Waals surface area (Å²) in [6.45, 7) is 5.00. The number of nitrogens with zero attached hydrogens (tertiary/aromatic N) is 2. The third kappa shape index (κ3) is 3.52. The molecule has 0 aromatic carbocycles. The third-order valence-electron chi connectivity index (χ3n) is 2.88.